The monoisotopic (exact) mass is 569 g/mol. The molecule has 10 heteroatoms. The van der Waals surface area contributed by atoms with Crippen LogP contribution in [0.15, 0.2) is 53.4 Å². The molecule has 0 fully saturated rings. The van der Waals surface area contributed by atoms with Crippen LogP contribution in [0.4, 0.5) is 5.00 Å². The number of amides is 1. The number of rotatable bonds is 10. The molecule has 1 N–H and O–H groups in total. The Hall–Kier alpha value is -2.79. The molecule has 0 radical (unpaired) electrons. The van der Waals surface area contributed by atoms with Gasteiger partial charge in [0.15, 0.2) is 9.84 Å². The zero-order valence-electron chi connectivity index (χ0n) is 21.5. The first kappa shape index (κ1) is 26.8. The summed E-state index contributed by atoms with van der Waals surface area (Å²) in [5, 5.41) is 4.85. The lowest BCUT2D eigenvalue weighted by atomic mass is 10.0. The third-order valence-corrected chi connectivity index (χ3v) is 10.7. The number of ether oxygens (including phenoxy) is 1. The molecule has 4 aromatic rings. The minimum absolute atomic E-state index is 0.0929. The van der Waals surface area contributed by atoms with Gasteiger partial charge in [-0.3, -0.25) is 9.69 Å². The number of para-hydroxylation sites is 1. The summed E-state index contributed by atoms with van der Waals surface area (Å²) >= 11 is 3.27. The van der Waals surface area contributed by atoms with Crippen LogP contribution in [0.3, 0.4) is 0 Å². The standard InChI is InChI=1S/C28H31N3O4S3/c1-3-15-31-16-14-21-24(18-31)37-28(26(21)27-29-22-7-4-5-8-23(22)36-27)30-25(32)9-6-17-38(33,34)20-12-10-19(35-2)11-13-20/h4-5,7-8,10-13H,3,6,9,14-18H2,1-2H3,(H,30,32). The van der Waals surface area contributed by atoms with Gasteiger partial charge in [-0.05, 0) is 67.8 Å². The number of carbonyl (C=O) groups is 1. The van der Waals surface area contributed by atoms with Crippen molar-refractivity contribution in [1.29, 1.82) is 0 Å². The number of methoxy groups -OCH3 is 1. The number of hydrogen-bond donors (Lipinski definition) is 1. The van der Waals surface area contributed by atoms with Crippen molar-refractivity contribution in [3.63, 3.8) is 0 Å². The number of hydrogen-bond acceptors (Lipinski definition) is 8. The number of aromatic nitrogens is 1. The lowest BCUT2D eigenvalue weighted by Crippen LogP contribution is -2.30. The lowest BCUT2D eigenvalue weighted by Gasteiger charge is -2.26. The van der Waals surface area contributed by atoms with Crippen LogP contribution in [-0.2, 0) is 27.6 Å². The highest BCUT2D eigenvalue weighted by Crippen LogP contribution is 2.45. The third kappa shape index (κ3) is 5.78. The van der Waals surface area contributed by atoms with Crippen LogP contribution in [0.2, 0.25) is 0 Å². The maximum Gasteiger partial charge on any atom is 0.225 e. The molecule has 2 aromatic heterocycles. The maximum atomic E-state index is 13.0. The smallest absolute Gasteiger partial charge is 0.225 e. The molecule has 200 valence electrons. The molecule has 1 aliphatic rings. The molecule has 0 saturated carbocycles. The van der Waals surface area contributed by atoms with E-state index >= 15 is 0 Å². The zero-order chi connectivity index (χ0) is 26.7. The first-order valence-electron chi connectivity index (χ1n) is 12.8. The quantitative estimate of drug-likeness (QED) is 0.252. The second kappa shape index (κ2) is 11.5. The summed E-state index contributed by atoms with van der Waals surface area (Å²) in [4.78, 5) is 21.9. The van der Waals surface area contributed by atoms with Crippen molar-refractivity contribution in [1.82, 2.24) is 9.88 Å². The predicted octanol–water partition coefficient (Wildman–Crippen LogP) is 5.99. The van der Waals surface area contributed by atoms with Crippen molar-refractivity contribution in [3.8, 4) is 16.3 Å². The Labute approximate surface area is 231 Å². The molecule has 7 nitrogen and oxygen atoms in total. The van der Waals surface area contributed by atoms with Crippen molar-refractivity contribution in [2.24, 2.45) is 0 Å². The summed E-state index contributed by atoms with van der Waals surface area (Å²) in [5.41, 5.74) is 3.26. The van der Waals surface area contributed by atoms with Gasteiger partial charge in [-0.15, -0.1) is 22.7 Å². The minimum Gasteiger partial charge on any atom is -0.497 e. The number of thiophene rings is 1. The first-order valence-corrected chi connectivity index (χ1v) is 16.1. The van der Waals surface area contributed by atoms with Crippen molar-refractivity contribution < 1.29 is 17.9 Å². The van der Waals surface area contributed by atoms with Crippen molar-refractivity contribution in [2.75, 3.05) is 31.3 Å². The number of benzene rings is 2. The Morgan fingerprint density at radius 2 is 1.92 bits per heavy atom. The second-order valence-corrected chi connectivity index (χ2v) is 13.6. The minimum atomic E-state index is -3.48. The van der Waals surface area contributed by atoms with Gasteiger partial charge in [-0.25, -0.2) is 13.4 Å². The second-order valence-electron chi connectivity index (χ2n) is 9.37. The van der Waals surface area contributed by atoms with Crippen LogP contribution in [0.1, 0.15) is 36.6 Å². The predicted molar refractivity (Wildman–Crippen MR) is 155 cm³/mol. The summed E-state index contributed by atoms with van der Waals surface area (Å²) < 4.78 is 31.7. The van der Waals surface area contributed by atoms with Crippen LogP contribution >= 0.6 is 22.7 Å². The van der Waals surface area contributed by atoms with Gasteiger partial charge in [0.05, 0.1) is 28.0 Å². The fraction of sp³-hybridized carbons (Fsp3) is 0.357. The molecule has 38 heavy (non-hydrogen) atoms. The summed E-state index contributed by atoms with van der Waals surface area (Å²) in [6, 6.07) is 14.4. The molecule has 1 aliphatic heterocycles. The number of carbonyl (C=O) groups excluding carboxylic acids is 1. The topological polar surface area (TPSA) is 88.6 Å². The van der Waals surface area contributed by atoms with Gasteiger partial charge in [0.25, 0.3) is 0 Å². The summed E-state index contributed by atoms with van der Waals surface area (Å²) in [6.45, 7) is 5.11. The highest BCUT2D eigenvalue weighted by Gasteiger charge is 2.27. The SMILES string of the molecule is CCCN1CCc2c(sc(NC(=O)CCCS(=O)(=O)c3ccc(OC)cc3)c2-c2nc3ccccc3s2)C1. The van der Waals surface area contributed by atoms with E-state index in [1.807, 2.05) is 18.2 Å². The Kier molecular flexibility index (Phi) is 8.13. The van der Waals surface area contributed by atoms with Crippen LogP contribution in [-0.4, -0.2) is 50.2 Å². The maximum absolute atomic E-state index is 13.0. The van der Waals surface area contributed by atoms with Crippen molar-refractivity contribution >= 4 is 53.6 Å². The molecule has 0 saturated heterocycles. The number of thiazole rings is 1. The average Bonchev–Trinajstić information content (AvgIpc) is 3.49. The Morgan fingerprint density at radius 3 is 2.66 bits per heavy atom. The average molecular weight is 570 g/mol. The Balaban J connectivity index is 1.33. The first-order chi connectivity index (χ1) is 18.4. The number of fused-ring (bicyclic) bond motifs is 2. The van der Waals surface area contributed by atoms with E-state index in [4.69, 9.17) is 9.72 Å². The molecular weight excluding hydrogens is 539 g/mol. The van der Waals surface area contributed by atoms with Gasteiger partial charge < -0.3 is 10.1 Å². The highest BCUT2D eigenvalue weighted by molar-refractivity contribution is 7.91. The van der Waals surface area contributed by atoms with Crippen molar-refractivity contribution in [3.05, 3.63) is 59.0 Å². The molecule has 0 aliphatic carbocycles. The molecule has 0 atom stereocenters. The van der Waals surface area contributed by atoms with E-state index in [0.29, 0.717) is 5.75 Å². The van der Waals surface area contributed by atoms with E-state index in [-0.39, 0.29) is 29.4 Å². The molecule has 1 amide bonds. The van der Waals surface area contributed by atoms with E-state index in [1.54, 1.807) is 34.8 Å². The van der Waals surface area contributed by atoms with E-state index in [0.717, 1.165) is 58.3 Å². The summed E-state index contributed by atoms with van der Waals surface area (Å²) in [6.07, 6.45) is 2.40. The van der Waals surface area contributed by atoms with Crippen LogP contribution in [0.5, 0.6) is 5.75 Å². The van der Waals surface area contributed by atoms with Gasteiger partial charge in [0, 0.05) is 30.0 Å². The number of nitrogens with zero attached hydrogens (tertiary/aromatic N) is 2. The molecular formula is C28H31N3O4S3. The Bertz CT molecular complexity index is 1510. The van der Waals surface area contributed by atoms with E-state index in [1.165, 1.54) is 29.7 Å². The Morgan fingerprint density at radius 1 is 1.13 bits per heavy atom. The summed E-state index contributed by atoms with van der Waals surface area (Å²) in [7, 11) is -1.94. The third-order valence-electron chi connectivity index (χ3n) is 6.67. The van der Waals surface area contributed by atoms with Gasteiger partial charge in [0.1, 0.15) is 15.8 Å². The summed E-state index contributed by atoms with van der Waals surface area (Å²) in [5.74, 6) is 0.328. The van der Waals surface area contributed by atoms with Crippen LogP contribution < -0.4 is 10.1 Å². The normalized spacial score (nSPS) is 13.9. The lowest BCUT2D eigenvalue weighted by molar-refractivity contribution is -0.116. The van der Waals surface area contributed by atoms with Gasteiger partial charge >= 0.3 is 0 Å². The van der Waals surface area contributed by atoms with E-state index < -0.39 is 9.84 Å². The molecule has 3 heterocycles. The molecule has 0 spiro atoms. The largest absolute Gasteiger partial charge is 0.497 e. The molecule has 0 unspecified atom stereocenters. The highest BCUT2D eigenvalue weighted by atomic mass is 32.2. The van der Waals surface area contributed by atoms with Crippen LogP contribution in [0, 0.1) is 0 Å². The number of anilines is 1. The molecule has 5 rings (SSSR count). The van der Waals surface area contributed by atoms with Gasteiger partial charge in [0.2, 0.25) is 5.91 Å². The van der Waals surface area contributed by atoms with E-state index in [2.05, 4.69) is 23.2 Å². The van der Waals surface area contributed by atoms with Gasteiger partial charge in [-0.2, -0.15) is 0 Å². The fourth-order valence-corrected chi connectivity index (χ4v) is 8.50. The van der Waals surface area contributed by atoms with Crippen molar-refractivity contribution in [2.45, 2.75) is 44.0 Å². The molecule has 2 aromatic carbocycles. The van der Waals surface area contributed by atoms with Gasteiger partial charge in [-0.1, -0.05) is 19.1 Å². The number of nitrogens with one attached hydrogen (secondary N) is 1. The fourth-order valence-electron chi connectivity index (χ4n) is 4.77. The van der Waals surface area contributed by atoms with Crippen LogP contribution in [0.25, 0.3) is 20.8 Å². The zero-order valence-corrected chi connectivity index (χ0v) is 24.0. The van der Waals surface area contributed by atoms with E-state index in [9.17, 15) is 13.2 Å². The molecule has 0 bridgehead atoms. The number of sulfone groups is 1.